The molecule has 1 atom stereocenters. The molecular weight excluding hydrogens is 374 g/mol. The molecular formula is C18H18BrNO4. The highest BCUT2D eigenvalue weighted by molar-refractivity contribution is 9.10. The molecule has 126 valence electrons. The summed E-state index contributed by atoms with van der Waals surface area (Å²) in [6.45, 7) is 1.38. The van der Waals surface area contributed by atoms with Crippen molar-refractivity contribution in [2.45, 2.75) is 12.7 Å². The van der Waals surface area contributed by atoms with Crippen LogP contribution >= 0.6 is 15.9 Å². The number of ether oxygens (including phenoxy) is 3. The Balaban J connectivity index is 1.60. The summed E-state index contributed by atoms with van der Waals surface area (Å²) in [5.74, 6) is 0.750. The Morgan fingerprint density at radius 3 is 2.75 bits per heavy atom. The van der Waals surface area contributed by atoms with Crippen molar-refractivity contribution in [3.05, 3.63) is 58.6 Å². The first-order valence-corrected chi connectivity index (χ1v) is 8.39. The van der Waals surface area contributed by atoms with Crippen molar-refractivity contribution in [1.82, 2.24) is 0 Å². The molecule has 0 aliphatic carbocycles. The van der Waals surface area contributed by atoms with Gasteiger partial charge in [-0.15, -0.1) is 0 Å². The average molecular weight is 392 g/mol. The molecule has 0 bridgehead atoms. The number of nitrogens with zero attached hydrogens (tertiary/aromatic N) is 1. The quantitative estimate of drug-likeness (QED) is 0.746. The van der Waals surface area contributed by atoms with Crippen LogP contribution in [0.1, 0.15) is 5.56 Å². The largest absolute Gasteiger partial charge is 0.489 e. The van der Waals surface area contributed by atoms with E-state index in [9.17, 15) is 4.79 Å². The van der Waals surface area contributed by atoms with Gasteiger partial charge in [0.25, 0.3) is 0 Å². The standard InChI is InChI=1S/C18H18BrNO4/c1-22-12-17-10-20(18(21)24-17)15-5-7-16(8-6-15)23-11-13-3-2-4-14(19)9-13/h2-9,17H,10-12H2,1H3. The van der Waals surface area contributed by atoms with Crippen LogP contribution in [0.25, 0.3) is 0 Å². The van der Waals surface area contributed by atoms with Gasteiger partial charge >= 0.3 is 6.09 Å². The second-order valence-electron chi connectivity index (χ2n) is 5.48. The summed E-state index contributed by atoms with van der Waals surface area (Å²) in [6, 6.07) is 15.4. The molecule has 1 aliphatic heterocycles. The number of anilines is 1. The fourth-order valence-corrected chi connectivity index (χ4v) is 2.97. The molecule has 1 amide bonds. The molecule has 6 heteroatoms. The molecule has 2 aromatic rings. The zero-order chi connectivity index (χ0) is 16.9. The summed E-state index contributed by atoms with van der Waals surface area (Å²) in [6.07, 6.45) is -0.574. The number of cyclic esters (lactones) is 1. The lowest BCUT2D eigenvalue weighted by molar-refractivity contribution is 0.0718. The third-order valence-electron chi connectivity index (χ3n) is 3.67. The number of carbonyl (C=O) groups is 1. The van der Waals surface area contributed by atoms with Crippen LogP contribution in [0.2, 0.25) is 0 Å². The number of methoxy groups -OCH3 is 1. The van der Waals surface area contributed by atoms with Gasteiger partial charge in [-0.3, -0.25) is 4.90 Å². The van der Waals surface area contributed by atoms with Crippen molar-refractivity contribution in [3.8, 4) is 5.75 Å². The van der Waals surface area contributed by atoms with E-state index in [-0.39, 0.29) is 12.2 Å². The Labute approximate surface area is 149 Å². The van der Waals surface area contributed by atoms with Gasteiger partial charge in [0.1, 0.15) is 18.5 Å². The molecule has 1 heterocycles. The summed E-state index contributed by atoms with van der Waals surface area (Å²) in [7, 11) is 1.59. The molecule has 3 rings (SSSR count). The lowest BCUT2D eigenvalue weighted by Crippen LogP contribution is -2.25. The van der Waals surface area contributed by atoms with Crippen molar-refractivity contribution >= 4 is 27.7 Å². The second-order valence-corrected chi connectivity index (χ2v) is 6.40. The van der Waals surface area contributed by atoms with Gasteiger partial charge in [-0.05, 0) is 42.0 Å². The van der Waals surface area contributed by atoms with Crippen LogP contribution in [0.4, 0.5) is 10.5 Å². The van der Waals surface area contributed by atoms with E-state index < -0.39 is 0 Å². The highest BCUT2D eigenvalue weighted by Crippen LogP contribution is 2.25. The first-order chi connectivity index (χ1) is 11.7. The number of rotatable bonds is 6. The number of halogens is 1. The van der Waals surface area contributed by atoms with Crippen LogP contribution < -0.4 is 9.64 Å². The van der Waals surface area contributed by atoms with Gasteiger partial charge in [0, 0.05) is 17.3 Å². The third-order valence-corrected chi connectivity index (χ3v) is 4.16. The van der Waals surface area contributed by atoms with E-state index in [0.29, 0.717) is 19.8 Å². The average Bonchev–Trinajstić information content (AvgIpc) is 2.94. The van der Waals surface area contributed by atoms with E-state index in [2.05, 4.69) is 15.9 Å². The minimum Gasteiger partial charge on any atom is -0.489 e. The van der Waals surface area contributed by atoms with E-state index in [0.717, 1.165) is 21.5 Å². The predicted octanol–water partition coefficient (Wildman–Crippen LogP) is 4.00. The SMILES string of the molecule is COCC1CN(c2ccc(OCc3cccc(Br)c3)cc2)C(=O)O1. The first kappa shape index (κ1) is 16.8. The molecule has 5 nitrogen and oxygen atoms in total. The molecule has 1 aliphatic rings. The Bertz CT molecular complexity index is 704. The van der Waals surface area contributed by atoms with Crippen LogP contribution in [0.15, 0.2) is 53.0 Å². The smallest absolute Gasteiger partial charge is 0.414 e. The number of amides is 1. The maximum atomic E-state index is 11.9. The molecule has 0 radical (unpaired) electrons. The normalized spacial score (nSPS) is 17.0. The Morgan fingerprint density at radius 2 is 2.04 bits per heavy atom. The van der Waals surface area contributed by atoms with E-state index in [4.69, 9.17) is 14.2 Å². The van der Waals surface area contributed by atoms with Gasteiger partial charge < -0.3 is 14.2 Å². The second kappa shape index (κ2) is 7.68. The Morgan fingerprint density at radius 1 is 1.25 bits per heavy atom. The maximum Gasteiger partial charge on any atom is 0.414 e. The molecule has 0 saturated carbocycles. The molecule has 0 N–H and O–H groups in total. The number of carbonyl (C=O) groups excluding carboxylic acids is 1. The Hall–Kier alpha value is -2.05. The van der Waals surface area contributed by atoms with Crippen LogP contribution in [-0.4, -0.2) is 32.5 Å². The summed E-state index contributed by atoms with van der Waals surface area (Å²) in [4.78, 5) is 13.5. The van der Waals surface area contributed by atoms with Crippen molar-refractivity contribution in [2.24, 2.45) is 0 Å². The molecule has 1 fully saturated rings. The summed E-state index contributed by atoms with van der Waals surface area (Å²) in [5, 5.41) is 0. The third kappa shape index (κ3) is 4.07. The summed E-state index contributed by atoms with van der Waals surface area (Å²) >= 11 is 3.44. The zero-order valence-corrected chi connectivity index (χ0v) is 14.9. The molecule has 2 aromatic carbocycles. The minimum absolute atomic E-state index is 0.227. The van der Waals surface area contributed by atoms with E-state index in [1.54, 1.807) is 12.0 Å². The van der Waals surface area contributed by atoms with Crippen molar-refractivity contribution in [2.75, 3.05) is 25.2 Å². The molecule has 0 aromatic heterocycles. The van der Waals surface area contributed by atoms with Crippen LogP contribution in [0.3, 0.4) is 0 Å². The number of benzene rings is 2. The van der Waals surface area contributed by atoms with Crippen molar-refractivity contribution < 1.29 is 19.0 Å². The van der Waals surface area contributed by atoms with E-state index in [1.807, 2.05) is 48.5 Å². The zero-order valence-electron chi connectivity index (χ0n) is 13.3. The van der Waals surface area contributed by atoms with Gasteiger partial charge in [-0.2, -0.15) is 0 Å². The Kier molecular flexibility index (Phi) is 5.37. The monoisotopic (exact) mass is 391 g/mol. The van der Waals surface area contributed by atoms with Gasteiger partial charge in [0.2, 0.25) is 0 Å². The van der Waals surface area contributed by atoms with Crippen molar-refractivity contribution in [3.63, 3.8) is 0 Å². The molecule has 24 heavy (non-hydrogen) atoms. The van der Waals surface area contributed by atoms with Gasteiger partial charge in [-0.1, -0.05) is 28.1 Å². The molecule has 1 saturated heterocycles. The summed E-state index contributed by atoms with van der Waals surface area (Å²) in [5.41, 5.74) is 1.87. The van der Waals surface area contributed by atoms with Crippen LogP contribution in [0.5, 0.6) is 5.75 Å². The van der Waals surface area contributed by atoms with Gasteiger partial charge in [0.15, 0.2) is 0 Å². The van der Waals surface area contributed by atoms with Crippen LogP contribution in [-0.2, 0) is 16.1 Å². The lowest BCUT2D eigenvalue weighted by atomic mass is 10.2. The topological polar surface area (TPSA) is 48.0 Å². The fraction of sp³-hybridized carbons (Fsp3) is 0.278. The molecule has 1 unspecified atom stereocenters. The van der Waals surface area contributed by atoms with Crippen LogP contribution in [0, 0.1) is 0 Å². The highest BCUT2D eigenvalue weighted by atomic mass is 79.9. The number of hydrogen-bond donors (Lipinski definition) is 0. The van der Waals surface area contributed by atoms with Gasteiger partial charge in [-0.25, -0.2) is 4.79 Å². The van der Waals surface area contributed by atoms with E-state index in [1.165, 1.54) is 0 Å². The predicted molar refractivity (Wildman–Crippen MR) is 94.4 cm³/mol. The first-order valence-electron chi connectivity index (χ1n) is 7.60. The van der Waals surface area contributed by atoms with E-state index >= 15 is 0 Å². The maximum absolute atomic E-state index is 11.9. The summed E-state index contributed by atoms with van der Waals surface area (Å²) < 4.78 is 17.1. The highest BCUT2D eigenvalue weighted by Gasteiger charge is 2.32. The minimum atomic E-state index is -0.347. The lowest BCUT2D eigenvalue weighted by Gasteiger charge is -2.14. The fourth-order valence-electron chi connectivity index (χ4n) is 2.52. The van der Waals surface area contributed by atoms with Gasteiger partial charge in [0.05, 0.1) is 13.2 Å². The molecule has 0 spiro atoms. The number of hydrogen-bond acceptors (Lipinski definition) is 4. The van der Waals surface area contributed by atoms with Crippen molar-refractivity contribution in [1.29, 1.82) is 0 Å².